The summed E-state index contributed by atoms with van der Waals surface area (Å²) in [4.78, 5) is 1.15. The normalized spacial score (nSPS) is 12.2. The molecule has 0 aliphatic rings. The SMILES string of the molecule is CCNC(C)c1cccc(F)c1Oc1ccc(SC)cc1. The first-order valence-corrected chi connectivity index (χ1v) is 8.22. The second kappa shape index (κ2) is 7.48. The van der Waals surface area contributed by atoms with Crippen molar-refractivity contribution >= 4 is 11.8 Å². The van der Waals surface area contributed by atoms with Crippen molar-refractivity contribution in [2.75, 3.05) is 12.8 Å². The van der Waals surface area contributed by atoms with Gasteiger partial charge in [-0.25, -0.2) is 4.39 Å². The molecule has 2 rings (SSSR count). The van der Waals surface area contributed by atoms with Crippen LogP contribution in [0, 0.1) is 5.82 Å². The molecule has 1 N–H and O–H groups in total. The van der Waals surface area contributed by atoms with Crippen LogP contribution in [0.3, 0.4) is 0 Å². The van der Waals surface area contributed by atoms with Crippen LogP contribution in [0.15, 0.2) is 47.4 Å². The molecule has 0 aliphatic carbocycles. The van der Waals surface area contributed by atoms with E-state index in [1.165, 1.54) is 6.07 Å². The lowest BCUT2D eigenvalue weighted by Gasteiger charge is -2.18. The van der Waals surface area contributed by atoms with E-state index in [-0.39, 0.29) is 11.9 Å². The van der Waals surface area contributed by atoms with Gasteiger partial charge in [0.15, 0.2) is 11.6 Å². The van der Waals surface area contributed by atoms with E-state index >= 15 is 0 Å². The molecule has 0 fully saturated rings. The highest BCUT2D eigenvalue weighted by Crippen LogP contribution is 2.32. The predicted octanol–water partition coefficient (Wildman–Crippen LogP) is 5.01. The molecule has 0 amide bonds. The Balaban J connectivity index is 2.29. The lowest BCUT2D eigenvalue weighted by molar-refractivity contribution is 0.426. The fraction of sp³-hybridized carbons (Fsp3) is 0.294. The number of thioether (sulfide) groups is 1. The van der Waals surface area contributed by atoms with E-state index in [1.807, 2.05) is 50.4 Å². The molecule has 0 heterocycles. The molecule has 0 radical (unpaired) electrons. The molecule has 21 heavy (non-hydrogen) atoms. The van der Waals surface area contributed by atoms with Crippen molar-refractivity contribution in [2.24, 2.45) is 0 Å². The van der Waals surface area contributed by atoms with E-state index in [0.717, 1.165) is 17.0 Å². The Morgan fingerprint density at radius 3 is 2.52 bits per heavy atom. The zero-order valence-electron chi connectivity index (χ0n) is 12.5. The van der Waals surface area contributed by atoms with Crippen molar-refractivity contribution in [3.8, 4) is 11.5 Å². The molecule has 112 valence electrons. The number of halogens is 1. The Morgan fingerprint density at radius 2 is 1.90 bits per heavy atom. The molecule has 1 unspecified atom stereocenters. The van der Waals surface area contributed by atoms with Gasteiger partial charge >= 0.3 is 0 Å². The maximum Gasteiger partial charge on any atom is 0.167 e. The number of hydrogen-bond donors (Lipinski definition) is 1. The van der Waals surface area contributed by atoms with Crippen LogP contribution in [0.4, 0.5) is 4.39 Å². The minimum absolute atomic E-state index is 0.0335. The Labute approximate surface area is 129 Å². The predicted molar refractivity (Wildman–Crippen MR) is 86.8 cm³/mol. The van der Waals surface area contributed by atoms with Crippen molar-refractivity contribution < 1.29 is 9.13 Å². The minimum Gasteiger partial charge on any atom is -0.454 e. The Bertz CT molecular complexity index is 586. The summed E-state index contributed by atoms with van der Waals surface area (Å²) in [5.74, 6) is 0.594. The highest BCUT2D eigenvalue weighted by atomic mass is 32.2. The van der Waals surface area contributed by atoms with E-state index in [4.69, 9.17) is 4.74 Å². The maximum atomic E-state index is 14.1. The van der Waals surface area contributed by atoms with Gasteiger partial charge in [0.05, 0.1) is 0 Å². The van der Waals surface area contributed by atoms with Gasteiger partial charge in [-0.2, -0.15) is 0 Å². The summed E-state index contributed by atoms with van der Waals surface area (Å²) in [5.41, 5.74) is 0.825. The summed E-state index contributed by atoms with van der Waals surface area (Å²) in [6.07, 6.45) is 2.02. The molecule has 0 spiro atoms. The van der Waals surface area contributed by atoms with E-state index < -0.39 is 0 Å². The fourth-order valence-corrected chi connectivity index (χ4v) is 2.56. The van der Waals surface area contributed by atoms with Crippen molar-refractivity contribution in [2.45, 2.75) is 24.8 Å². The molecule has 2 aromatic carbocycles. The van der Waals surface area contributed by atoms with E-state index in [9.17, 15) is 4.39 Å². The standard InChI is InChI=1S/C17H20FNOS/c1-4-19-12(2)15-6-5-7-16(18)17(15)20-13-8-10-14(21-3)11-9-13/h5-12,19H,4H2,1-3H3. The topological polar surface area (TPSA) is 21.3 Å². The van der Waals surface area contributed by atoms with Gasteiger partial charge in [0, 0.05) is 16.5 Å². The summed E-state index contributed by atoms with van der Waals surface area (Å²) >= 11 is 1.66. The van der Waals surface area contributed by atoms with Crippen LogP contribution >= 0.6 is 11.8 Å². The first-order valence-electron chi connectivity index (χ1n) is 6.99. The number of ether oxygens (including phenoxy) is 1. The van der Waals surface area contributed by atoms with Crippen molar-refractivity contribution in [3.63, 3.8) is 0 Å². The molecular weight excluding hydrogens is 285 g/mol. The van der Waals surface area contributed by atoms with E-state index in [1.54, 1.807) is 17.8 Å². The fourth-order valence-electron chi connectivity index (χ4n) is 2.15. The zero-order chi connectivity index (χ0) is 15.2. The first-order chi connectivity index (χ1) is 10.2. The number of benzene rings is 2. The summed E-state index contributed by atoms with van der Waals surface area (Å²) in [7, 11) is 0. The minimum atomic E-state index is -0.341. The highest BCUT2D eigenvalue weighted by Gasteiger charge is 2.15. The van der Waals surface area contributed by atoms with Crippen LogP contribution in [-0.4, -0.2) is 12.8 Å². The summed E-state index contributed by atoms with van der Waals surface area (Å²) < 4.78 is 19.9. The van der Waals surface area contributed by atoms with Gasteiger partial charge in [0.25, 0.3) is 0 Å². The third kappa shape index (κ3) is 3.99. The third-order valence-electron chi connectivity index (χ3n) is 3.25. The average molecular weight is 305 g/mol. The van der Waals surface area contributed by atoms with Crippen LogP contribution in [0.5, 0.6) is 11.5 Å². The smallest absolute Gasteiger partial charge is 0.167 e. The zero-order valence-corrected chi connectivity index (χ0v) is 13.3. The van der Waals surface area contributed by atoms with Crippen LogP contribution in [0.2, 0.25) is 0 Å². The first kappa shape index (κ1) is 15.9. The van der Waals surface area contributed by atoms with Crippen LogP contribution in [0.1, 0.15) is 25.5 Å². The van der Waals surface area contributed by atoms with E-state index in [0.29, 0.717) is 11.5 Å². The Kier molecular flexibility index (Phi) is 5.65. The quantitative estimate of drug-likeness (QED) is 0.758. The summed E-state index contributed by atoms with van der Waals surface area (Å²) in [5, 5.41) is 3.28. The summed E-state index contributed by atoms with van der Waals surface area (Å²) in [6.45, 7) is 4.85. The van der Waals surface area contributed by atoms with Crippen molar-refractivity contribution in [3.05, 3.63) is 53.8 Å². The van der Waals surface area contributed by atoms with Gasteiger partial charge in [0.2, 0.25) is 0 Å². The van der Waals surface area contributed by atoms with Crippen LogP contribution in [0.25, 0.3) is 0 Å². The Hall–Kier alpha value is -1.52. The van der Waals surface area contributed by atoms with Gasteiger partial charge < -0.3 is 10.1 Å². The molecule has 0 saturated heterocycles. The molecule has 0 bridgehead atoms. The number of hydrogen-bond acceptors (Lipinski definition) is 3. The summed E-state index contributed by atoms with van der Waals surface area (Å²) in [6, 6.07) is 12.7. The maximum absolute atomic E-state index is 14.1. The molecule has 0 aliphatic heterocycles. The molecule has 1 atom stereocenters. The second-order valence-corrected chi connectivity index (χ2v) is 5.59. The van der Waals surface area contributed by atoms with Gasteiger partial charge in [-0.15, -0.1) is 11.8 Å². The molecule has 0 aromatic heterocycles. The number of rotatable bonds is 6. The second-order valence-electron chi connectivity index (χ2n) is 4.72. The van der Waals surface area contributed by atoms with Crippen LogP contribution in [-0.2, 0) is 0 Å². The highest BCUT2D eigenvalue weighted by molar-refractivity contribution is 7.98. The van der Waals surface area contributed by atoms with E-state index in [2.05, 4.69) is 5.32 Å². The molecule has 4 heteroatoms. The number of nitrogens with one attached hydrogen (secondary N) is 1. The van der Waals surface area contributed by atoms with Crippen LogP contribution < -0.4 is 10.1 Å². The molecule has 2 aromatic rings. The lowest BCUT2D eigenvalue weighted by Crippen LogP contribution is -2.18. The monoisotopic (exact) mass is 305 g/mol. The van der Waals surface area contributed by atoms with Gasteiger partial charge in [-0.3, -0.25) is 0 Å². The van der Waals surface area contributed by atoms with Gasteiger partial charge in [0.1, 0.15) is 5.75 Å². The lowest BCUT2D eigenvalue weighted by atomic mass is 10.1. The number of para-hydroxylation sites is 1. The van der Waals surface area contributed by atoms with Crippen molar-refractivity contribution in [1.82, 2.24) is 5.32 Å². The molecule has 0 saturated carbocycles. The third-order valence-corrected chi connectivity index (χ3v) is 4.00. The molecular formula is C17H20FNOS. The average Bonchev–Trinajstić information content (AvgIpc) is 2.50. The Morgan fingerprint density at radius 1 is 1.19 bits per heavy atom. The largest absolute Gasteiger partial charge is 0.454 e. The van der Waals surface area contributed by atoms with Gasteiger partial charge in [-0.1, -0.05) is 19.1 Å². The molecule has 2 nitrogen and oxygen atoms in total. The van der Waals surface area contributed by atoms with Crippen molar-refractivity contribution in [1.29, 1.82) is 0 Å². The van der Waals surface area contributed by atoms with Gasteiger partial charge in [-0.05, 0) is 50.1 Å².